The normalized spacial score (nSPS) is 37.4. The van der Waals surface area contributed by atoms with Gasteiger partial charge in [-0.05, 0) is 32.6 Å². The van der Waals surface area contributed by atoms with Gasteiger partial charge >= 0.3 is 0 Å². The fraction of sp³-hybridized carbons (Fsp3) is 1.00. The third-order valence-corrected chi connectivity index (χ3v) is 2.28. The molecular weight excluding hydrogens is 136 g/mol. The lowest BCUT2D eigenvalue weighted by atomic mass is 9.95. The smallest absolute Gasteiger partial charge is 0.0576 e. The van der Waals surface area contributed by atoms with Gasteiger partial charge in [0.05, 0.1) is 12.2 Å². The van der Waals surface area contributed by atoms with E-state index in [4.69, 9.17) is 4.74 Å². The van der Waals surface area contributed by atoms with Crippen molar-refractivity contribution in [2.45, 2.75) is 59.7 Å². The van der Waals surface area contributed by atoms with Crippen molar-refractivity contribution in [3.05, 3.63) is 0 Å². The second kappa shape index (κ2) is 5.59. The molecule has 0 aromatic heterocycles. The summed E-state index contributed by atoms with van der Waals surface area (Å²) in [7, 11) is 0. The first-order valence-electron chi connectivity index (χ1n) is 4.85. The Kier molecular flexibility index (Phi) is 5.57. The largest absolute Gasteiger partial charge is 0.375 e. The molecule has 0 N–H and O–H groups in total. The fourth-order valence-electron chi connectivity index (χ4n) is 1.30. The summed E-state index contributed by atoms with van der Waals surface area (Å²) in [6.07, 6.45) is 3.55. The maximum absolute atomic E-state index is 5.60. The van der Waals surface area contributed by atoms with Gasteiger partial charge in [0.1, 0.15) is 0 Å². The van der Waals surface area contributed by atoms with Crippen LogP contribution in [0.2, 0.25) is 0 Å². The minimum Gasteiger partial charge on any atom is -0.375 e. The van der Waals surface area contributed by atoms with Gasteiger partial charge in [-0.2, -0.15) is 0 Å². The molecule has 1 aliphatic rings. The average molecular weight is 158 g/mol. The van der Waals surface area contributed by atoms with Crippen molar-refractivity contribution >= 4 is 0 Å². The molecule has 3 atom stereocenters. The molecule has 1 aliphatic heterocycles. The Bertz CT molecular complexity index is 90.9. The van der Waals surface area contributed by atoms with Crippen LogP contribution in [0, 0.1) is 5.92 Å². The van der Waals surface area contributed by atoms with Gasteiger partial charge in [0, 0.05) is 0 Å². The second-order valence-corrected chi connectivity index (χ2v) is 3.21. The fourth-order valence-corrected chi connectivity index (χ4v) is 1.30. The summed E-state index contributed by atoms with van der Waals surface area (Å²) in [5.41, 5.74) is 0. The molecule has 1 rings (SSSR count). The summed E-state index contributed by atoms with van der Waals surface area (Å²) in [6, 6.07) is 0. The van der Waals surface area contributed by atoms with Gasteiger partial charge in [-0.25, -0.2) is 0 Å². The van der Waals surface area contributed by atoms with Crippen molar-refractivity contribution in [1.29, 1.82) is 0 Å². The predicted octanol–water partition coefficient (Wildman–Crippen LogP) is 3.24. The van der Waals surface area contributed by atoms with E-state index < -0.39 is 0 Å². The van der Waals surface area contributed by atoms with Crippen molar-refractivity contribution in [3.8, 4) is 0 Å². The highest BCUT2D eigenvalue weighted by atomic mass is 16.5. The van der Waals surface area contributed by atoms with E-state index in [0.29, 0.717) is 12.2 Å². The third kappa shape index (κ3) is 3.76. The van der Waals surface area contributed by atoms with Crippen LogP contribution in [-0.2, 0) is 4.74 Å². The molecule has 0 amide bonds. The predicted molar refractivity (Wildman–Crippen MR) is 49.8 cm³/mol. The molecule has 0 spiro atoms. The molecular formula is C10H22O. The number of rotatable bonds is 0. The van der Waals surface area contributed by atoms with Gasteiger partial charge in [0.25, 0.3) is 0 Å². The lowest BCUT2D eigenvalue weighted by Crippen LogP contribution is -2.29. The summed E-state index contributed by atoms with van der Waals surface area (Å²) in [4.78, 5) is 0. The molecule has 1 fully saturated rings. The summed E-state index contributed by atoms with van der Waals surface area (Å²) >= 11 is 0. The highest BCUT2D eigenvalue weighted by molar-refractivity contribution is 4.70. The molecule has 1 saturated heterocycles. The Labute approximate surface area is 71.1 Å². The lowest BCUT2D eigenvalue weighted by Gasteiger charge is -2.30. The van der Waals surface area contributed by atoms with Crippen molar-refractivity contribution in [3.63, 3.8) is 0 Å². The Morgan fingerprint density at radius 2 is 1.55 bits per heavy atom. The Morgan fingerprint density at radius 3 is 1.91 bits per heavy atom. The van der Waals surface area contributed by atoms with Crippen LogP contribution in [0.5, 0.6) is 0 Å². The van der Waals surface area contributed by atoms with Crippen LogP contribution in [0.1, 0.15) is 47.5 Å². The van der Waals surface area contributed by atoms with Gasteiger partial charge in [0.15, 0.2) is 0 Å². The first-order chi connectivity index (χ1) is 5.20. The minimum atomic E-state index is 0.480. The zero-order valence-electron chi connectivity index (χ0n) is 8.55. The molecule has 0 aromatic rings. The molecule has 68 valence electrons. The molecule has 1 heterocycles. The van der Waals surface area contributed by atoms with Gasteiger partial charge in [-0.1, -0.05) is 20.8 Å². The zero-order valence-corrected chi connectivity index (χ0v) is 8.55. The summed E-state index contributed by atoms with van der Waals surface area (Å²) < 4.78 is 5.60. The topological polar surface area (TPSA) is 9.23 Å². The number of hydrogen-bond donors (Lipinski definition) is 0. The lowest BCUT2D eigenvalue weighted by molar-refractivity contribution is -0.0594. The van der Waals surface area contributed by atoms with E-state index in [1.54, 1.807) is 0 Å². The van der Waals surface area contributed by atoms with Crippen LogP contribution in [0.15, 0.2) is 0 Å². The van der Waals surface area contributed by atoms with Crippen LogP contribution >= 0.6 is 0 Å². The molecule has 11 heavy (non-hydrogen) atoms. The van der Waals surface area contributed by atoms with Gasteiger partial charge in [-0.15, -0.1) is 0 Å². The van der Waals surface area contributed by atoms with Gasteiger partial charge in [0.2, 0.25) is 0 Å². The SMILES string of the molecule is CC.CC1CC[C@H](C)C(C)O1. The Balaban J connectivity index is 0.000000461. The molecule has 2 unspecified atom stereocenters. The first-order valence-corrected chi connectivity index (χ1v) is 4.85. The third-order valence-electron chi connectivity index (χ3n) is 2.28. The van der Waals surface area contributed by atoms with E-state index in [0.717, 1.165) is 5.92 Å². The molecule has 0 saturated carbocycles. The Morgan fingerprint density at radius 1 is 1.00 bits per heavy atom. The van der Waals surface area contributed by atoms with E-state index in [1.807, 2.05) is 13.8 Å². The zero-order chi connectivity index (χ0) is 8.85. The number of hydrogen-bond acceptors (Lipinski definition) is 1. The molecule has 1 heteroatoms. The van der Waals surface area contributed by atoms with E-state index in [9.17, 15) is 0 Å². The Hall–Kier alpha value is -0.0400. The van der Waals surface area contributed by atoms with E-state index in [1.165, 1.54) is 12.8 Å². The van der Waals surface area contributed by atoms with Crippen LogP contribution in [0.4, 0.5) is 0 Å². The first kappa shape index (κ1) is 11.0. The number of ether oxygens (including phenoxy) is 1. The van der Waals surface area contributed by atoms with Crippen LogP contribution in [-0.4, -0.2) is 12.2 Å². The summed E-state index contributed by atoms with van der Waals surface area (Å²) in [5, 5.41) is 0. The molecule has 0 radical (unpaired) electrons. The quantitative estimate of drug-likeness (QED) is 0.526. The van der Waals surface area contributed by atoms with Gasteiger partial charge < -0.3 is 4.74 Å². The average Bonchev–Trinajstić information content (AvgIpc) is 2.02. The summed E-state index contributed by atoms with van der Waals surface area (Å²) in [5.74, 6) is 0.765. The highest BCUT2D eigenvalue weighted by Gasteiger charge is 2.21. The summed E-state index contributed by atoms with van der Waals surface area (Å²) in [6.45, 7) is 10.6. The minimum absolute atomic E-state index is 0.480. The highest BCUT2D eigenvalue weighted by Crippen LogP contribution is 2.23. The molecule has 0 aromatic carbocycles. The van der Waals surface area contributed by atoms with Gasteiger partial charge in [-0.3, -0.25) is 0 Å². The van der Waals surface area contributed by atoms with Crippen molar-refractivity contribution in [2.75, 3.05) is 0 Å². The van der Waals surface area contributed by atoms with Crippen LogP contribution < -0.4 is 0 Å². The molecule has 0 aliphatic carbocycles. The second-order valence-electron chi connectivity index (χ2n) is 3.21. The van der Waals surface area contributed by atoms with Crippen molar-refractivity contribution < 1.29 is 4.74 Å². The van der Waals surface area contributed by atoms with E-state index >= 15 is 0 Å². The molecule has 1 nitrogen and oxygen atoms in total. The maximum atomic E-state index is 5.60. The molecule has 0 bridgehead atoms. The van der Waals surface area contributed by atoms with Crippen LogP contribution in [0.25, 0.3) is 0 Å². The van der Waals surface area contributed by atoms with Crippen LogP contribution in [0.3, 0.4) is 0 Å². The monoisotopic (exact) mass is 158 g/mol. The standard InChI is InChI=1S/C8H16O.C2H6/c1-6-4-5-7(2)9-8(6)3;1-2/h6-8H,4-5H2,1-3H3;1-2H3/t6-,7?,8?;/m0./s1. The van der Waals surface area contributed by atoms with E-state index in [2.05, 4.69) is 20.8 Å². The van der Waals surface area contributed by atoms with Crippen molar-refractivity contribution in [2.24, 2.45) is 5.92 Å². The van der Waals surface area contributed by atoms with Crippen molar-refractivity contribution in [1.82, 2.24) is 0 Å². The van der Waals surface area contributed by atoms with E-state index in [-0.39, 0.29) is 0 Å². The maximum Gasteiger partial charge on any atom is 0.0576 e.